The first kappa shape index (κ1) is 19.1. The Balaban J connectivity index is 1.89. The lowest BCUT2D eigenvalue weighted by molar-refractivity contribution is -0.127. The second-order valence-corrected chi connectivity index (χ2v) is 5.92. The highest BCUT2D eigenvalue weighted by atomic mass is 19.2. The SMILES string of the molecule is COc1cnc(C(=O)Nc2cc(F)c(F)c([C@@H]3CC(=O)N(C)C(N)=N3)c2)cn1. The normalized spacial score (nSPS) is 16.6. The van der Waals surface area contributed by atoms with Gasteiger partial charge < -0.3 is 15.8 Å². The fourth-order valence-corrected chi connectivity index (χ4v) is 2.56. The molecule has 1 aliphatic heterocycles. The second-order valence-electron chi connectivity index (χ2n) is 5.92. The molecule has 1 atom stereocenters. The Kier molecular flexibility index (Phi) is 5.16. The van der Waals surface area contributed by atoms with Crippen LogP contribution in [0.2, 0.25) is 0 Å². The highest BCUT2D eigenvalue weighted by Gasteiger charge is 2.29. The predicted molar refractivity (Wildman–Crippen MR) is 94.6 cm³/mol. The van der Waals surface area contributed by atoms with Gasteiger partial charge in [-0.25, -0.2) is 23.7 Å². The minimum atomic E-state index is -1.20. The van der Waals surface area contributed by atoms with E-state index in [0.717, 1.165) is 11.0 Å². The first-order valence-corrected chi connectivity index (χ1v) is 8.06. The molecular weight excluding hydrogens is 374 g/mol. The molecule has 2 amide bonds. The van der Waals surface area contributed by atoms with Crippen molar-refractivity contribution in [2.75, 3.05) is 19.5 Å². The number of guanidine groups is 1. The Morgan fingerprint density at radius 1 is 1.32 bits per heavy atom. The number of nitrogens with two attached hydrogens (primary N) is 1. The number of carbonyl (C=O) groups is 2. The monoisotopic (exact) mass is 390 g/mol. The molecule has 0 spiro atoms. The van der Waals surface area contributed by atoms with Crippen molar-refractivity contribution >= 4 is 23.5 Å². The zero-order chi connectivity index (χ0) is 20.4. The molecule has 1 aromatic carbocycles. The molecule has 146 valence electrons. The number of aromatic nitrogens is 2. The van der Waals surface area contributed by atoms with Crippen LogP contribution in [-0.4, -0.2) is 46.8 Å². The van der Waals surface area contributed by atoms with Gasteiger partial charge in [0.15, 0.2) is 17.6 Å². The zero-order valence-electron chi connectivity index (χ0n) is 14.9. The van der Waals surface area contributed by atoms with Gasteiger partial charge in [-0.05, 0) is 6.07 Å². The number of ether oxygens (including phenoxy) is 1. The van der Waals surface area contributed by atoms with Crippen molar-refractivity contribution in [1.29, 1.82) is 0 Å². The van der Waals surface area contributed by atoms with Crippen molar-refractivity contribution in [2.45, 2.75) is 12.5 Å². The zero-order valence-corrected chi connectivity index (χ0v) is 14.9. The molecule has 0 fully saturated rings. The van der Waals surface area contributed by atoms with E-state index in [4.69, 9.17) is 10.5 Å². The number of carbonyl (C=O) groups excluding carboxylic acids is 2. The molecule has 1 aromatic heterocycles. The van der Waals surface area contributed by atoms with E-state index in [2.05, 4.69) is 20.3 Å². The summed E-state index contributed by atoms with van der Waals surface area (Å²) < 4.78 is 33.2. The summed E-state index contributed by atoms with van der Waals surface area (Å²) in [5.74, 6) is -3.33. The average Bonchev–Trinajstić information content (AvgIpc) is 2.68. The van der Waals surface area contributed by atoms with Gasteiger partial charge in [0.05, 0.1) is 32.0 Å². The molecule has 28 heavy (non-hydrogen) atoms. The van der Waals surface area contributed by atoms with E-state index in [1.807, 2.05) is 0 Å². The number of amides is 2. The van der Waals surface area contributed by atoms with E-state index in [-0.39, 0.29) is 41.1 Å². The third-order valence-corrected chi connectivity index (χ3v) is 4.12. The summed E-state index contributed by atoms with van der Waals surface area (Å²) in [7, 11) is 2.83. The van der Waals surface area contributed by atoms with Gasteiger partial charge in [-0.15, -0.1) is 0 Å². The molecule has 9 nitrogen and oxygen atoms in total. The molecule has 0 aliphatic carbocycles. The van der Waals surface area contributed by atoms with Gasteiger partial charge in [-0.2, -0.15) is 0 Å². The Bertz CT molecular complexity index is 964. The summed E-state index contributed by atoms with van der Waals surface area (Å²) in [5, 5.41) is 2.41. The average molecular weight is 390 g/mol. The van der Waals surface area contributed by atoms with Crippen molar-refractivity contribution in [2.24, 2.45) is 10.7 Å². The number of anilines is 1. The number of benzene rings is 1. The van der Waals surface area contributed by atoms with E-state index in [1.54, 1.807) is 0 Å². The Morgan fingerprint density at radius 2 is 2.07 bits per heavy atom. The summed E-state index contributed by atoms with van der Waals surface area (Å²) >= 11 is 0. The Hall–Kier alpha value is -3.63. The van der Waals surface area contributed by atoms with Gasteiger partial charge in [-0.3, -0.25) is 14.5 Å². The standard InChI is InChI=1S/C17H16F2N6O3/c1-25-14(26)5-11(24-17(25)20)9-3-8(4-10(18)15(9)19)23-16(27)12-6-22-13(28-2)7-21-12/h3-4,6-7,11H,5H2,1-2H3,(H2,20,24)(H,23,27)/t11-/m0/s1. The van der Waals surface area contributed by atoms with Gasteiger partial charge in [0.25, 0.3) is 5.91 Å². The summed E-state index contributed by atoms with van der Waals surface area (Å²) in [4.78, 5) is 37.1. The van der Waals surface area contributed by atoms with E-state index in [9.17, 15) is 18.4 Å². The largest absolute Gasteiger partial charge is 0.480 e. The van der Waals surface area contributed by atoms with Gasteiger partial charge in [0.1, 0.15) is 5.69 Å². The van der Waals surface area contributed by atoms with Gasteiger partial charge in [0.2, 0.25) is 11.8 Å². The maximum absolute atomic E-state index is 14.3. The first-order valence-electron chi connectivity index (χ1n) is 8.06. The number of nitrogens with one attached hydrogen (secondary N) is 1. The van der Waals surface area contributed by atoms with Crippen LogP contribution in [0.4, 0.5) is 14.5 Å². The molecule has 0 bridgehead atoms. The van der Waals surface area contributed by atoms with E-state index >= 15 is 0 Å². The number of hydrogen-bond acceptors (Lipinski definition) is 7. The van der Waals surface area contributed by atoms with Crippen LogP contribution in [0.25, 0.3) is 0 Å². The number of halogens is 2. The fraction of sp³-hybridized carbons (Fsp3) is 0.235. The van der Waals surface area contributed by atoms with E-state index in [1.165, 1.54) is 32.6 Å². The number of aliphatic imine (C=N–C) groups is 1. The number of methoxy groups -OCH3 is 1. The van der Waals surface area contributed by atoms with Crippen molar-refractivity contribution in [3.63, 3.8) is 0 Å². The molecule has 2 aromatic rings. The molecule has 0 radical (unpaired) electrons. The molecule has 1 aliphatic rings. The Morgan fingerprint density at radius 3 is 2.68 bits per heavy atom. The van der Waals surface area contributed by atoms with E-state index in [0.29, 0.717) is 0 Å². The summed E-state index contributed by atoms with van der Waals surface area (Å²) in [6.45, 7) is 0. The summed E-state index contributed by atoms with van der Waals surface area (Å²) in [6, 6.07) is 1.01. The lowest BCUT2D eigenvalue weighted by atomic mass is 10.0. The van der Waals surface area contributed by atoms with Gasteiger partial charge >= 0.3 is 0 Å². The smallest absolute Gasteiger partial charge is 0.275 e. The van der Waals surface area contributed by atoms with Crippen molar-refractivity contribution in [3.05, 3.63) is 47.4 Å². The molecule has 0 saturated carbocycles. The minimum absolute atomic E-state index is 0.0309. The fourth-order valence-electron chi connectivity index (χ4n) is 2.56. The summed E-state index contributed by atoms with van der Waals surface area (Å²) in [6.07, 6.45) is 2.23. The van der Waals surface area contributed by atoms with Crippen LogP contribution < -0.4 is 15.8 Å². The number of hydrogen-bond donors (Lipinski definition) is 2. The maximum atomic E-state index is 14.3. The predicted octanol–water partition coefficient (Wildman–Crippen LogP) is 1.23. The van der Waals surface area contributed by atoms with Crippen LogP contribution in [0.15, 0.2) is 29.5 Å². The van der Waals surface area contributed by atoms with Gasteiger partial charge in [-0.1, -0.05) is 0 Å². The van der Waals surface area contributed by atoms with Crippen molar-refractivity contribution in [3.8, 4) is 5.88 Å². The maximum Gasteiger partial charge on any atom is 0.275 e. The molecule has 2 heterocycles. The van der Waals surface area contributed by atoms with Crippen LogP contribution in [-0.2, 0) is 4.79 Å². The Labute approximate surface area is 158 Å². The topological polar surface area (TPSA) is 123 Å². The lowest BCUT2D eigenvalue weighted by Crippen LogP contribution is -2.43. The molecule has 0 unspecified atom stereocenters. The first-order chi connectivity index (χ1) is 13.3. The highest BCUT2D eigenvalue weighted by molar-refractivity contribution is 6.02. The van der Waals surface area contributed by atoms with Crippen LogP contribution >= 0.6 is 0 Å². The molecule has 3 rings (SSSR count). The highest BCUT2D eigenvalue weighted by Crippen LogP contribution is 2.31. The third kappa shape index (κ3) is 3.72. The molecule has 3 N–H and O–H groups in total. The van der Waals surface area contributed by atoms with Crippen LogP contribution in [0.5, 0.6) is 5.88 Å². The number of nitrogens with zero attached hydrogens (tertiary/aromatic N) is 4. The molecular formula is C17H16F2N6O3. The van der Waals surface area contributed by atoms with Crippen LogP contribution in [0, 0.1) is 11.6 Å². The summed E-state index contributed by atoms with van der Waals surface area (Å²) in [5.41, 5.74) is 5.37. The third-order valence-electron chi connectivity index (χ3n) is 4.12. The quantitative estimate of drug-likeness (QED) is 0.810. The number of rotatable bonds is 4. The molecule has 11 heteroatoms. The lowest BCUT2D eigenvalue weighted by Gasteiger charge is -2.26. The van der Waals surface area contributed by atoms with Crippen LogP contribution in [0.3, 0.4) is 0 Å². The van der Waals surface area contributed by atoms with Crippen LogP contribution in [0.1, 0.15) is 28.5 Å². The van der Waals surface area contributed by atoms with Crippen molar-refractivity contribution in [1.82, 2.24) is 14.9 Å². The minimum Gasteiger partial charge on any atom is -0.480 e. The van der Waals surface area contributed by atoms with Crippen molar-refractivity contribution < 1.29 is 23.1 Å². The van der Waals surface area contributed by atoms with E-state index < -0.39 is 23.6 Å². The molecule has 0 saturated heterocycles. The van der Waals surface area contributed by atoms with Gasteiger partial charge in [0, 0.05) is 24.4 Å². The second kappa shape index (κ2) is 7.55.